The Morgan fingerprint density at radius 1 is 1.39 bits per heavy atom. The SMILES string of the molecule is CC(C)(CNCC1CCCNC1)c1ccncc1. The number of pyridine rings is 1. The lowest BCUT2D eigenvalue weighted by Gasteiger charge is -2.28. The van der Waals surface area contributed by atoms with E-state index in [-0.39, 0.29) is 5.41 Å². The highest BCUT2D eigenvalue weighted by Crippen LogP contribution is 2.21. The van der Waals surface area contributed by atoms with Crippen molar-refractivity contribution < 1.29 is 0 Å². The summed E-state index contributed by atoms with van der Waals surface area (Å²) in [4.78, 5) is 4.08. The first-order valence-corrected chi connectivity index (χ1v) is 7.00. The van der Waals surface area contributed by atoms with Gasteiger partial charge in [-0.1, -0.05) is 13.8 Å². The Morgan fingerprint density at radius 2 is 2.17 bits per heavy atom. The molecule has 1 aromatic rings. The number of rotatable bonds is 5. The molecule has 0 radical (unpaired) electrons. The molecule has 3 heteroatoms. The van der Waals surface area contributed by atoms with Crippen LogP contribution in [0.25, 0.3) is 0 Å². The van der Waals surface area contributed by atoms with Crippen LogP contribution in [0.2, 0.25) is 0 Å². The normalized spacial score (nSPS) is 20.9. The Labute approximate surface area is 110 Å². The van der Waals surface area contributed by atoms with Crippen molar-refractivity contribution in [3.05, 3.63) is 30.1 Å². The number of nitrogens with one attached hydrogen (secondary N) is 2. The molecule has 0 aliphatic carbocycles. The molecule has 3 nitrogen and oxygen atoms in total. The molecule has 2 rings (SSSR count). The molecule has 1 atom stereocenters. The van der Waals surface area contributed by atoms with E-state index in [1.165, 1.54) is 31.5 Å². The Balaban J connectivity index is 1.78. The highest BCUT2D eigenvalue weighted by molar-refractivity contribution is 5.20. The van der Waals surface area contributed by atoms with Crippen molar-refractivity contribution in [3.8, 4) is 0 Å². The summed E-state index contributed by atoms with van der Waals surface area (Å²) in [6, 6.07) is 4.23. The fourth-order valence-corrected chi connectivity index (χ4v) is 2.59. The van der Waals surface area contributed by atoms with Crippen molar-refractivity contribution in [2.24, 2.45) is 5.92 Å². The van der Waals surface area contributed by atoms with Gasteiger partial charge in [-0.3, -0.25) is 4.98 Å². The van der Waals surface area contributed by atoms with Crippen molar-refractivity contribution in [1.82, 2.24) is 15.6 Å². The largest absolute Gasteiger partial charge is 0.316 e. The lowest BCUT2D eigenvalue weighted by molar-refractivity contribution is 0.345. The highest BCUT2D eigenvalue weighted by Gasteiger charge is 2.21. The second kappa shape index (κ2) is 6.30. The summed E-state index contributed by atoms with van der Waals surface area (Å²) in [6.45, 7) is 9.08. The van der Waals surface area contributed by atoms with Gasteiger partial charge in [-0.25, -0.2) is 0 Å². The summed E-state index contributed by atoms with van der Waals surface area (Å²) in [6.07, 6.45) is 6.43. The van der Waals surface area contributed by atoms with Crippen LogP contribution >= 0.6 is 0 Å². The summed E-state index contributed by atoms with van der Waals surface area (Å²) < 4.78 is 0. The van der Waals surface area contributed by atoms with Crippen molar-refractivity contribution >= 4 is 0 Å². The summed E-state index contributed by atoms with van der Waals surface area (Å²) >= 11 is 0. The van der Waals surface area contributed by atoms with Crippen LogP contribution in [0.5, 0.6) is 0 Å². The van der Waals surface area contributed by atoms with E-state index in [9.17, 15) is 0 Å². The highest BCUT2D eigenvalue weighted by atomic mass is 14.9. The third kappa shape index (κ3) is 3.79. The summed E-state index contributed by atoms with van der Waals surface area (Å²) in [5, 5.41) is 7.10. The third-order valence-corrected chi connectivity index (χ3v) is 3.86. The minimum absolute atomic E-state index is 0.172. The smallest absolute Gasteiger partial charge is 0.0270 e. The van der Waals surface area contributed by atoms with Crippen LogP contribution in [0.4, 0.5) is 0 Å². The maximum absolute atomic E-state index is 4.08. The lowest BCUT2D eigenvalue weighted by Crippen LogP contribution is -2.40. The van der Waals surface area contributed by atoms with E-state index in [0.717, 1.165) is 19.0 Å². The molecule has 1 unspecified atom stereocenters. The molecule has 1 fully saturated rings. The number of piperidine rings is 1. The van der Waals surface area contributed by atoms with Gasteiger partial charge in [0.05, 0.1) is 0 Å². The second-order valence-corrected chi connectivity index (χ2v) is 5.96. The zero-order valence-corrected chi connectivity index (χ0v) is 11.6. The molecule has 1 aromatic heterocycles. The minimum atomic E-state index is 0.172. The molecule has 1 aliphatic rings. The van der Waals surface area contributed by atoms with E-state index < -0.39 is 0 Å². The molecule has 2 N–H and O–H groups in total. The molecule has 100 valence electrons. The van der Waals surface area contributed by atoms with Crippen molar-refractivity contribution in [2.45, 2.75) is 32.1 Å². The predicted octanol–water partition coefficient (Wildman–Crippen LogP) is 1.95. The zero-order chi connectivity index (χ0) is 12.8. The molecule has 0 saturated carbocycles. The fraction of sp³-hybridized carbons (Fsp3) is 0.667. The molecule has 0 spiro atoms. The Hall–Kier alpha value is -0.930. The van der Waals surface area contributed by atoms with Crippen LogP contribution in [-0.2, 0) is 5.41 Å². The van der Waals surface area contributed by atoms with Crippen molar-refractivity contribution in [2.75, 3.05) is 26.2 Å². The molecule has 1 saturated heterocycles. The van der Waals surface area contributed by atoms with Crippen molar-refractivity contribution in [1.29, 1.82) is 0 Å². The monoisotopic (exact) mass is 247 g/mol. The first kappa shape index (κ1) is 13.5. The van der Waals surface area contributed by atoms with E-state index in [0.29, 0.717) is 0 Å². The Morgan fingerprint density at radius 3 is 2.83 bits per heavy atom. The van der Waals surface area contributed by atoms with Gasteiger partial charge in [0.1, 0.15) is 0 Å². The Kier molecular flexibility index (Phi) is 4.72. The number of hydrogen-bond donors (Lipinski definition) is 2. The van der Waals surface area contributed by atoms with E-state index in [1.807, 2.05) is 12.4 Å². The molecule has 0 amide bonds. The van der Waals surface area contributed by atoms with E-state index in [1.54, 1.807) is 0 Å². The number of aromatic nitrogens is 1. The van der Waals surface area contributed by atoms with Crippen LogP contribution in [-0.4, -0.2) is 31.2 Å². The van der Waals surface area contributed by atoms with E-state index in [2.05, 4.69) is 41.6 Å². The summed E-state index contributed by atoms with van der Waals surface area (Å²) in [5.41, 5.74) is 1.53. The maximum Gasteiger partial charge on any atom is 0.0270 e. The number of nitrogens with zero attached hydrogens (tertiary/aromatic N) is 1. The maximum atomic E-state index is 4.08. The van der Waals surface area contributed by atoms with Gasteiger partial charge in [0, 0.05) is 24.4 Å². The van der Waals surface area contributed by atoms with E-state index >= 15 is 0 Å². The number of hydrogen-bond acceptors (Lipinski definition) is 3. The first-order chi connectivity index (χ1) is 8.68. The topological polar surface area (TPSA) is 37.0 Å². The van der Waals surface area contributed by atoms with Gasteiger partial charge < -0.3 is 10.6 Å². The van der Waals surface area contributed by atoms with Crippen LogP contribution in [0.1, 0.15) is 32.3 Å². The van der Waals surface area contributed by atoms with Gasteiger partial charge in [-0.15, -0.1) is 0 Å². The van der Waals surface area contributed by atoms with Gasteiger partial charge in [-0.2, -0.15) is 0 Å². The molecule has 0 bridgehead atoms. The van der Waals surface area contributed by atoms with Crippen LogP contribution in [0, 0.1) is 5.92 Å². The average Bonchev–Trinajstić information content (AvgIpc) is 2.41. The quantitative estimate of drug-likeness (QED) is 0.835. The second-order valence-electron chi connectivity index (χ2n) is 5.96. The van der Waals surface area contributed by atoms with Gasteiger partial charge >= 0.3 is 0 Å². The van der Waals surface area contributed by atoms with Gasteiger partial charge in [0.15, 0.2) is 0 Å². The predicted molar refractivity (Wildman–Crippen MR) is 75.7 cm³/mol. The molecular formula is C15H25N3. The van der Waals surface area contributed by atoms with Crippen LogP contribution in [0.3, 0.4) is 0 Å². The van der Waals surface area contributed by atoms with Gasteiger partial charge in [0.2, 0.25) is 0 Å². The summed E-state index contributed by atoms with van der Waals surface area (Å²) in [5.74, 6) is 0.798. The summed E-state index contributed by atoms with van der Waals surface area (Å²) in [7, 11) is 0. The standard InChI is InChI=1S/C15H25N3/c1-15(2,14-5-8-16-9-6-14)12-18-11-13-4-3-7-17-10-13/h5-6,8-9,13,17-18H,3-4,7,10-12H2,1-2H3. The molecule has 0 aromatic carbocycles. The fourth-order valence-electron chi connectivity index (χ4n) is 2.59. The third-order valence-electron chi connectivity index (χ3n) is 3.86. The Bertz CT molecular complexity index is 342. The minimum Gasteiger partial charge on any atom is -0.316 e. The molecule has 1 aliphatic heterocycles. The van der Waals surface area contributed by atoms with Crippen molar-refractivity contribution in [3.63, 3.8) is 0 Å². The molecule has 18 heavy (non-hydrogen) atoms. The molecule has 2 heterocycles. The van der Waals surface area contributed by atoms with Gasteiger partial charge in [-0.05, 0) is 56.1 Å². The first-order valence-electron chi connectivity index (χ1n) is 7.00. The lowest BCUT2D eigenvalue weighted by atomic mass is 9.85. The average molecular weight is 247 g/mol. The zero-order valence-electron chi connectivity index (χ0n) is 11.6. The van der Waals surface area contributed by atoms with E-state index in [4.69, 9.17) is 0 Å². The molecular weight excluding hydrogens is 222 g/mol. The van der Waals surface area contributed by atoms with Crippen LogP contribution in [0.15, 0.2) is 24.5 Å². The van der Waals surface area contributed by atoms with Crippen LogP contribution < -0.4 is 10.6 Å². The van der Waals surface area contributed by atoms with Gasteiger partial charge in [0.25, 0.3) is 0 Å².